The van der Waals surface area contributed by atoms with E-state index < -0.39 is 0 Å². The van der Waals surface area contributed by atoms with Gasteiger partial charge in [-0.05, 0) is 31.2 Å². The second kappa shape index (κ2) is 11.8. The van der Waals surface area contributed by atoms with E-state index in [1.807, 2.05) is 49.4 Å². The van der Waals surface area contributed by atoms with E-state index in [1.165, 1.54) is 0 Å². The Morgan fingerprint density at radius 1 is 1.13 bits per heavy atom. The van der Waals surface area contributed by atoms with Crippen molar-refractivity contribution in [3.05, 3.63) is 54.5 Å². The smallest absolute Gasteiger partial charge is 0.191 e. The number of rotatable bonds is 8. The molecule has 0 fully saturated rings. The van der Waals surface area contributed by atoms with Gasteiger partial charge in [-0.15, -0.1) is 24.0 Å². The molecule has 126 valence electrons. The summed E-state index contributed by atoms with van der Waals surface area (Å²) in [5.74, 6) is 2.63. The highest BCUT2D eigenvalue weighted by molar-refractivity contribution is 14.0. The molecule has 0 saturated carbocycles. The van der Waals surface area contributed by atoms with Crippen LogP contribution in [-0.4, -0.2) is 32.2 Å². The first-order valence-electron chi connectivity index (χ1n) is 7.61. The van der Waals surface area contributed by atoms with Gasteiger partial charge in [0.15, 0.2) is 5.96 Å². The number of guanidine groups is 1. The third kappa shape index (κ3) is 7.92. The fourth-order valence-corrected chi connectivity index (χ4v) is 1.93. The highest BCUT2D eigenvalue weighted by Crippen LogP contribution is 2.07. The van der Waals surface area contributed by atoms with Crippen molar-refractivity contribution >= 4 is 29.9 Å². The molecule has 5 nitrogen and oxygen atoms in total. The maximum atomic E-state index is 5.64. The third-order valence-corrected chi connectivity index (χ3v) is 2.96. The van der Waals surface area contributed by atoms with Crippen molar-refractivity contribution in [1.29, 1.82) is 0 Å². The molecule has 1 aromatic heterocycles. The zero-order chi connectivity index (χ0) is 15.5. The lowest BCUT2D eigenvalue weighted by Gasteiger charge is -2.12. The van der Waals surface area contributed by atoms with Crippen molar-refractivity contribution in [2.45, 2.75) is 13.3 Å². The Kier molecular flexibility index (Phi) is 9.94. The molecule has 0 unspecified atom stereocenters. The summed E-state index contributed by atoms with van der Waals surface area (Å²) >= 11 is 0. The summed E-state index contributed by atoms with van der Waals surface area (Å²) < 4.78 is 10.9. The van der Waals surface area contributed by atoms with Crippen LogP contribution in [0.5, 0.6) is 5.75 Å². The minimum atomic E-state index is 0. The van der Waals surface area contributed by atoms with Crippen molar-refractivity contribution < 1.29 is 9.15 Å². The van der Waals surface area contributed by atoms with E-state index in [-0.39, 0.29) is 24.0 Å². The third-order valence-electron chi connectivity index (χ3n) is 2.96. The van der Waals surface area contributed by atoms with Gasteiger partial charge in [0.05, 0.1) is 12.8 Å². The monoisotopic (exact) mass is 429 g/mol. The molecule has 0 bridgehead atoms. The van der Waals surface area contributed by atoms with E-state index in [0.717, 1.165) is 30.4 Å². The molecule has 0 amide bonds. The van der Waals surface area contributed by atoms with Gasteiger partial charge < -0.3 is 19.8 Å². The van der Waals surface area contributed by atoms with Crippen molar-refractivity contribution in [2.75, 3.05) is 26.2 Å². The number of halogens is 1. The Labute approximate surface area is 154 Å². The normalized spacial score (nSPS) is 10.7. The van der Waals surface area contributed by atoms with E-state index in [2.05, 4.69) is 15.6 Å². The summed E-state index contributed by atoms with van der Waals surface area (Å²) in [5, 5.41) is 6.47. The minimum absolute atomic E-state index is 0. The van der Waals surface area contributed by atoms with Gasteiger partial charge in [0.1, 0.15) is 18.1 Å². The van der Waals surface area contributed by atoms with Gasteiger partial charge in [-0.2, -0.15) is 0 Å². The number of ether oxygens (including phenoxy) is 1. The predicted molar refractivity (Wildman–Crippen MR) is 104 cm³/mol. The number of hydrogen-bond acceptors (Lipinski definition) is 3. The van der Waals surface area contributed by atoms with E-state index in [0.29, 0.717) is 19.7 Å². The van der Waals surface area contributed by atoms with Crippen LogP contribution in [0, 0.1) is 0 Å². The van der Waals surface area contributed by atoms with Crippen LogP contribution in [0.1, 0.15) is 12.7 Å². The van der Waals surface area contributed by atoms with Gasteiger partial charge in [0.25, 0.3) is 0 Å². The molecule has 0 aliphatic carbocycles. The first-order chi connectivity index (χ1) is 10.9. The molecule has 2 rings (SSSR count). The van der Waals surface area contributed by atoms with Gasteiger partial charge in [-0.25, -0.2) is 0 Å². The Hall–Kier alpha value is -1.70. The van der Waals surface area contributed by atoms with Crippen molar-refractivity contribution in [3.63, 3.8) is 0 Å². The summed E-state index contributed by atoms with van der Waals surface area (Å²) in [7, 11) is 0. The molecular formula is C17H24IN3O2. The van der Waals surface area contributed by atoms with Gasteiger partial charge in [-0.1, -0.05) is 18.2 Å². The minimum Gasteiger partial charge on any atom is -0.492 e. The van der Waals surface area contributed by atoms with E-state index in [1.54, 1.807) is 6.26 Å². The van der Waals surface area contributed by atoms with Crippen molar-refractivity contribution in [3.8, 4) is 5.75 Å². The number of nitrogens with zero attached hydrogens (tertiary/aromatic N) is 1. The van der Waals surface area contributed by atoms with Crippen LogP contribution < -0.4 is 15.4 Å². The predicted octanol–water partition coefficient (Wildman–Crippen LogP) is 3.07. The first kappa shape index (κ1) is 19.3. The summed E-state index contributed by atoms with van der Waals surface area (Å²) in [6.07, 6.45) is 2.48. The number of furan rings is 1. The molecule has 0 spiro atoms. The second-order valence-corrected chi connectivity index (χ2v) is 4.68. The summed E-state index contributed by atoms with van der Waals surface area (Å²) in [6, 6.07) is 13.6. The number of hydrogen-bond donors (Lipinski definition) is 2. The Balaban J connectivity index is 0.00000264. The lowest BCUT2D eigenvalue weighted by atomic mass is 10.3. The topological polar surface area (TPSA) is 58.8 Å². The van der Waals surface area contributed by atoms with E-state index >= 15 is 0 Å². The Bertz CT molecular complexity index is 544. The standard InChI is InChI=1S/C17H23N3O2.HI/c1-2-18-17(19-11-10-16-9-6-13-21-16)20-12-14-22-15-7-4-3-5-8-15;/h3-9,13H,2,10-12,14H2,1H3,(H2,18,19,20);1H. The molecule has 1 aromatic carbocycles. The molecule has 2 N–H and O–H groups in total. The van der Waals surface area contributed by atoms with Crippen LogP contribution in [0.3, 0.4) is 0 Å². The molecule has 0 radical (unpaired) electrons. The van der Waals surface area contributed by atoms with Crippen LogP contribution >= 0.6 is 24.0 Å². The van der Waals surface area contributed by atoms with Crippen LogP contribution in [0.25, 0.3) is 0 Å². The number of para-hydroxylation sites is 1. The van der Waals surface area contributed by atoms with Gasteiger partial charge >= 0.3 is 0 Å². The van der Waals surface area contributed by atoms with Crippen LogP contribution in [0.4, 0.5) is 0 Å². The van der Waals surface area contributed by atoms with Crippen LogP contribution in [-0.2, 0) is 6.42 Å². The Morgan fingerprint density at radius 2 is 1.96 bits per heavy atom. The fourth-order valence-electron chi connectivity index (χ4n) is 1.93. The molecule has 1 heterocycles. The quantitative estimate of drug-likeness (QED) is 0.293. The average Bonchev–Trinajstić information content (AvgIpc) is 3.06. The molecule has 2 aromatic rings. The number of nitrogens with one attached hydrogen (secondary N) is 2. The zero-order valence-electron chi connectivity index (χ0n) is 13.3. The number of benzene rings is 1. The van der Waals surface area contributed by atoms with E-state index in [4.69, 9.17) is 9.15 Å². The fraction of sp³-hybridized carbons (Fsp3) is 0.353. The molecule has 23 heavy (non-hydrogen) atoms. The summed E-state index contributed by atoms with van der Waals surface area (Å²) in [4.78, 5) is 4.51. The maximum Gasteiger partial charge on any atom is 0.191 e. The molecule has 0 aliphatic rings. The molecular weight excluding hydrogens is 405 g/mol. The van der Waals surface area contributed by atoms with Crippen molar-refractivity contribution in [2.24, 2.45) is 4.99 Å². The van der Waals surface area contributed by atoms with Crippen LogP contribution in [0.2, 0.25) is 0 Å². The largest absolute Gasteiger partial charge is 0.492 e. The molecule has 0 aliphatic heterocycles. The SMILES string of the molecule is CCNC(=NCCc1ccco1)NCCOc1ccccc1.I. The summed E-state index contributed by atoms with van der Waals surface area (Å²) in [6.45, 7) is 4.84. The molecule has 0 atom stereocenters. The lowest BCUT2D eigenvalue weighted by Crippen LogP contribution is -2.39. The highest BCUT2D eigenvalue weighted by Gasteiger charge is 1.99. The lowest BCUT2D eigenvalue weighted by molar-refractivity contribution is 0.322. The first-order valence-corrected chi connectivity index (χ1v) is 7.61. The zero-order valence-corrected chi connectivity index (χ0v) is 15.7. The number of aliphatic imine (C=N–C) groups is 1. The highest BCUT2D eigenvalue weighted by atomic mass is 127. The summed E-state index contributed by atoms with van der Waals surface area (Å²) in [5.41, 5.74) is 0. The average molecular weight is 429 g/mol. The molecule has 0 saturated heterocycles. The van der Waals surface area contributed by atoms with Gasteiger partial charge in [0, 0.05) is 19.5 Å². The van der Waals surface area contributed by atoms with Crippen LogP contribution in [0.15, 0.2) is 58.1 Å². The second-order valence-electron chi connectivity index (χ2n) is 4.68. The van der Waals surface area contributed by atoms with Gasteiger partial charge in [-0.3, -0.25) is 4.99 Å². The van der Waals surface area contributed by atoms with E-state index in [9.17, 15) is 0 Å². The van der Waals surface area contributed by atoms with Gasteiger partial charge in [0.2, 0.25) is 0 Å². The maximum absolute atomic E-state index is 5.64. The molecule has 6 heteroatoms. The Morgan fingerprint density at radius 3 is 2.65 bits per heavy atom. The van der Waals surface area contributed by atoms with Crippen molar-refractivity contribution in [1.82, 2.24) is 10.6 Å².